The van der Waals surface area contributed by atoms with Gasteiger partial charge in [0.2, 0.25) is 0 Å². The summed E-state index contributed by atoms with van der Waals surface area (Å²) in [7, 11) is 1.68. The van der Waals surface area contributed by atoms with Crippen LogP contribution in [0, 0.1) is 5.82 Å². The van der Waals surface area contributed by atoms with Gasteiger partial charge in [0.1, 0.15) is 5.82 Å². The van der Waals surface area contributed by atoms with Gasteiger partial charge in [-0.15, -0.1) is 0 Å². The summed E-state index contributed by atoms with van der Waals surface area (Å²) >= 11 is 0. The topological polar surface area (TPSA) is 39.1 Å². The molecule has 1 N–H and O–H groups in total. The fourth-order valence-corrected chi connectivity index (χ4v) is 1.81. The molecule has 1 aromatic heterocycles. The van der Waals surface area contributed by atoms with Gasteiger partial charge in [-0.25, -0.2) is 9.37 Å². The number of benzene rings is 1. The summed E-state index contributed by atoms with van der Waals surface area (Å²) in [5, 5.41) is 3.28. The lowest BCUT2D eigenvalue weighted by atomic mass is 10.2. The van der Waals surface area contributed by atoms with Crippen LogP contribution < -0.4 is 5.32 Å². The van der Waals surface area contributed by atoms with Gasteiger partial charge in [0, 0.05) is 32.9 Å². The van der Waals surface area contributed by atoms with Crippen molar-refractivity contribution >= 4 is 0 Å². The van der Waals surface area contributed by atoms with E-state index in [2.05, 4.69) is 10.3 Å². The molecule has 0 saturated heterocycles. The molecule has 2 rings (SSSR count). The van der Waals surface area contributed by atoms with Crippen molar-refractivity contribution in [1.82, 2.24) is 14.9 Å². The molecule has 1 heterocycles. The number of ether oxygens (including phenoxy) is 1. The fraction of sp³-hybridized carbons (Fsp3) is 0.357. The normalized spacial score (nSPS) is 10.8. The van der Waals surface area contributed by atoms with Gasteiger partial charge in [0.25, 0.3) is 0 Å². The van der Waals surface area contributed by atoms with Gasteiger partial charge in [-0.1, -0.05) is 12.1 Å². The van der Waals surface area contributed by atoms with Crippen LogP contribution in [0.5, 0.6) is 0 Å². The van der Waals surface area contributed by atoms with Crippen LogP contribution >= 0.6 is 0 Å². The van der Waals surface area contributed by atoms with Gasteiger partial charge >= 0.3 is 0 Å². The molecule has 0 amide bonds. The van der Waals surface area contributed by atoms with Crippen molar-refractivity contribution in [1.29, 1.82) is 0 Å². The van der Waals surface area contributed by atoms with Crippen LogP contribution in [0.15, 0.2) is 36.8 Å². The fourth-order valence-electron chi connectivity index (χ4n) is 1.81. The van der Waals surface area contributed by atoms with Crippen molar-refractivity contribution in [2.45, 2.75) is 13.1 Å². The van der Waals surface area contributed by atoms with Crippen LogP contribution in [0.25, 0.3) is 0 Å². The van der Waals surface area contributed by atoms with E-state index in [0.29, 0.717) is 13.2 Å². The average molecular weight is 263 g/mol. The zero-order valence-electron chi connectivity index (χ0n) is 11.0. The minimum Gasteiger partial charge on any atom is -0.383 e. The number of rotatable bonds is 7. The molecule has 0 radical (unpaired) electrons. The molecule has 0 aliphatic heterocycles. The van der Waals surface area contributed by atoms with Crippen molar-refractivity contribution < 1.29 is 9.13 Å². The summed E-state index contributed by atoms with van der Waals surface area (Å²) in [4.78, 5) is 4.15. The lowest BCUT2D eigenvalue weighted by Gasteiger charge is -2.09. The summed E-state index contributed by atoms with van der Waals surface area (Å²) in [6.07, 6.45) is 3.63. The second kappa shape index (κ2) is 7.01. The summed E-state index contributed by atoms with van der Waals surface area (Å²) in [6.45, 7) is 2.93. The largest absolute Gasteiger partial charge is 0.383 e. The molecule has 4 nitrogen and oxygen atoms in total. The lowest BCUT2D eigenvalue weighted by Crippen LogP contribution is -2.20. The Hall–Kier alpha value is -1.72. The van der Waals surface area contributed by atoms with Gasteiger partial charge in [0.15, 0.2) is 0 Å². The van der Waals surface area contributed by atoms with Gasteiger partial charge < -0.3 is 14.6 Å². The highest BCUT2D eigenvalue weighted by Crippen LogP contribution is 2.07. The number of nitrogens with zero attached hydrogens (tertiary/aromatic N) is 2. The highest BCUT2D eigenvalue weighted by Gasteiger charge is 2.03. The van der Waals surface area contributed by atoms with Crippen molar-refractivity contribution in [2.75, 3.05) is 20.3 Å². The predicted octanol–water partition coefficient (Wildman–Crippen LogP) is 1.81. The Morgan fingerprint density at radius 1 is 1.32 bits per heavy atom. The molecule has 102 valence electrons. The number of methoxy groups -OCH3 is 1. The van der Waals surface area contributed by atoms with Gasteiger partial charge in [-0.05, 0) is 17.7 Å². The van der Waals surface area contributed by atoms with Crippen LogP contribution in [0.3, 0.4) is 0 Å². The lowest BCUT2D eigenvalue weighted by molar-refractivity contribution is 0.199. The van der Waals surface area contributed by atoms with E-state index in [4.69, 9.17) is 4.74 Å². The number of hydrogen-bond donors (Lipinski definition) is 1. The zero-order chi connectivity index (χ0) is 13.5. The first-order valence-electron chi connectivity index (χ1n) is 6.22. The third kappa shape index (κ3) is 4.15. The monoisotopic (exact) mass is 263 g/mol. The van der Waals surface area contributed by atoms with Crippen LogP contribution in [0.1, 0.15) is 11.3 Å². The van der Waals surface area contributed by atoms with Gasteiger partial charge in [-0.3, -0.25) is 0 Å². The minimum atomic E-state index is -0.212. The molecule has 0 aliphatic carbocycles. The second-order valence-corrected chi connectivity index (χ2v) is 4.31. The van der Waals surface area contributed by atoms with E-state index >= 15 is 0 Å². The van der Waals surface area contributed by atoms with Gasteiger partial charge in [0.05, 0.1) is 18.6 Å². The maximum atomic E-state index is 12.8. The van der Waals surface area contributed by atoms with Crippen molar-refractivity contribution in [3.05, 3.63) is 53.9 Å². The third-order valence-corrected chi connectivity index (χ3v) is 2.85. The molecule has 5 heteroatoms. The number of imidazole rings is 1. The predicted molar refractivity (Wildman–Crippen MR) is 71.3 cm³/mol. The quantitative estimate of drug-likeness (QED) is 0.774. The maximum absolute atomic E-state index is 12.8. The van der Waals surface area contributed by atoms with E-state index < -0.39 is 0 Å². The molecule has 0 saturated carbocycles. The van der Waals surface area contributed by atoms with Crippen LogP contribution in [0.4, 0.5) is 4.39 Å². The third-order valence-electron chi connectivity index (χ3n) is 2.85. The Morgan fingerprint density at radius 3 is 2.84 bits per heavy atom. The SMILES string of the molecule is COCCNCc1cncn1Cc1ccc(F)cc1. The Morgan fingerprint density at radius 2 is 2.11 bits per heavy atom. The molecule has 0 spiro atoms. The molecule has 0 fully saturated rings. The van der Waals surface area contributed by atoms with Crippen LogP contribution in [0.2, 0.25) is 0 Å². The van der Waals surface area contributed by atoms with Crippen molar-refractivity contribution in [3.8, 4) is 0 Å². The molecular formula is C14H18FN3O. The molecular weight excluding hydrogens is 245 g/mol. The van der Waals surface area contributed by atoms with E-state index in [0.717, 1.165) is 24.3 Å². The second-order valence-electron chi connectivity index (χ2n) is 4.31. The molecule has 0 atom stereocenters. The summed E-state index contributed by atoms with van der Waals surface area (Å²) in [5.41, 5.74) is 2.15. The van der Waals surface area contributed by atoms with E-state index in [1.165, 1.54) is 12.1 Å². The Kier molecular flexibility index (Phi) is 5.06. The van der Waals surface area contributed by atoms with Crippen molar-refractivity contribution in [3.63, 3.8) is 0 Å². The smallest absolute Gasteiger partial charge is 0.123 e. The van der Waals surface area contributed by atoms with E-state index in [9.17, 15) is 4.39 Å². The Bertz CT molecular complexity index is 496. The molecule has 0 bridgehead atoms. The first-order valence-corrected chi connectivity index (χ1v) is 6.22. The number of nitrogens with one attached hydrogen (secondary N) is 1. The first kappa shape index (κ1) is 13.7. The average Bonchev–Trinajstić information content (AvgIpc) is 2.85. The standard InChI is InChI=1S/C14H18FN3O/c1-19-7-6-16-8-14-9-17-11-18(14)10-12-2-4-13(15)5-3-12/h2-5,9,11,16H,6-8,10H2,1H3. The van der Waals surface area contributed by atoms with E-state index in [-0.39, 0.29) is 5.82 Å². The maximum Gasteiger partial charge on any atom is 0.123 e. The first-order chi connectivity index (χ1) is 9.29. The molecule has 2 aromatic rings. The minimum absolute atomic E-state index is 0.212. The van der Waals surface area contributed by atoms with Crippen LogP contribution in [-0.2, 0) is 17.8 Å². The highest BCUT2D eigenvalue weighted by atomic mass is 19.1. The zero-order valence-corrected chi connectivity index (χ0v) is 11.0. The Labute approximate surface area is 112 Å². The number of halogens is 1. The Balaban J connectivity index is 1.93. The number of hydrogen-bond acceptors (Lipinski definition) is 3. The summed E-state index contributed by atoms with van der Waals surface area (Å²) in [6, 6.07) is 6.53. The molecule has 1 aromatic carbocycles. The van der Waals surface area contributed by atoms with Crippen LogP contribution in [-0.4, -0.2) is 29.8 Å². The summed E-state index contributed by atoms with van der Waals surface area (Å²) < 4.78 is 19.9. The van der Waals surface area contributed by atoms with Gasteiger partial charge in [-0.2, -0.15) is 0 Å². The van der Waals surface area contributed by atoms with Crippen molar-refractivity contribution in [2.24, 2.45) is 0 Å². The summed E-state index contributed by atoms with van der Waals surface area (Å²) in [5.74, 6) is -0.212. The molecule has 19 heavy (non-hydrogen) atoms. The van der Waals surface area contributed by atoms with E-state index in [1.54, 1.807) is 25.6 Å². The number of aromatic nitrogens is 2. The highest BCUT2D eigenvalue weighted by molar-refractivity contribution is 5.17. The molecule has 0 aliphatic rings. The molecule has 0 unspecified atom stereocenters. The van der Waals surface area contributed by atoms with E-state index in [1.807, 2.05) is 10.8 Å².